The average molecular weight is 284 g/mol. The molecule has 6 heteroatoms. The van der Waals surface area contributed by atoms with E-state index in [-0.39, 0.29) is 5.56 Å². The summed E-state index contributed by atoms with van der Waals surface area (Å²) in [5.74, 6) is 6.43. The van der Waals surface area contributed by atoms with Gasteiger partial charge in [0, 0.05) is 11.9 Å². The van der Waals surface area contributed by atoms with Gasteiger partial charge < -0.3 is 5.84 Å². The van der Waals surface area contributed by atoms with E-state index in [0.29, 0.717) is 21.8 Å². The summed E-state index contributed by atoms with van der Waals surface area (Å²) >= 11 is 1.39. The highest BCUT2D eigenvalue weighted by molar-refractivity contribution is 7.98. The first-order valence-corrected chi connectivity index (χ1v) is 7.04. The Balaban J connectivity index is 1.96. The topological polar surface area (TPSA) is 73.8 Å². The molecule has 0 saturated heterocycles. The summed E-state index contributed by atoms with van der Waals surface area (Å²) in [7, 11) is 0. The van der Waals surface area contributed by atoms with Crippen LogP contribution in [0.15, 0.2) is 58.6 Å². The van der Waals surface area contributed by atoms with Crippen molar-refractivity contribution in [2.45, 2.75) is 10.9 Å². The van der Waals surface area contributed by atoms with Crippen LogP contribution in [0, 0.1) is 0 Å². The van der Waals surface area contributed by atoms with Gasteiger partial charge in [-0.05, 0) is 24.3 Å². The number of fused-ring (bicyclic) bond motifs is 1. The van der Waals surface area contributed by atoms with Gasteiger partial charge in [0.05, 0.1) is 16.6 Å². The van der Waals surface area contributed by atoms with Gasteiger partial charge in [-0.2, -0.15) is 0 Å². The number of para-hydroxylation sites is 1. The molecular weight excluding hydrogens is 272 g/mol. The van der Waals surface area contributed by atoms with Crippen LogP contribution in [0.25, 0.3) is 10.9 Å². The Hall–Kier alpha value is -2.34. The van der Waals surface area contributed by atoms with Crippen molar-refractivity contribution < 1.29 is 0 Å². The quantitative estimate of drug-likeness (QED) is 0.451. The van der Waals surface area contributed by atoms with Crippen LogP contribution in [0.4, 0.5) is 0 Å². The van der Waals surface area contributed by atoms with Crippen LogP contribution in [-0.4, -0.2) is 14.6 Å². The fourth-order valence-electron chi connectivity index (χ4n) is 1.85. The van der Waals surface area contributed by atoms with E-state index in [1.807, 2.05) is 30.3 Å². The van der Waals surface area contributed by atoms with Gasteiger partial charge in [-0.15, -0.1) is 0 Å². The highest BCUT2D eigenvalue weighted by Crippen LogP contribution is 2.19. The van der Waals surface area contributed by atoms with E-state index in [0.717, 1.165) is 10.4 Å². The summed E-state index contributed by atoms with van der Waals surface area (Å²) in [5, 5.41) is 1.01. The minimum absolute atomic E-state index is 0.237. The lowest BCUT2D eigenvalue weighted by Crippen LogP contribution is -2.29. The molecule has 0 aliphatic rings. The summed E-state index contributed by atoms with van der Waals surface area (Å²) in [6.07, 6.45) is 1.74. The molecule has 0 aliphatic carbocycles. The Morgan fingerprint density at radius 1 is 1.15 bits per heavy atom. The molecule has 0 atom stereocenters. The number of benzene rings is 1. The van der Waals surface area contributed by atoms with Crippen molar-refractivity contribution in [2.75, 3.05) is 5.84 Å². The number of hydrogen-bond donors (Lipinski definition) is 1. The van der Waals surface area contributed by atoms with Crippen LogP contribution in [0.2, 0.25) is 0 Å². The third kappa shape index (κ3) is 2.37. The van der Waals surface area contributed by atoms with Gasteiger partial charge in [0.2, 0.25) is 0 Å². The van der Waals surface area contributed by atoms with Gasteiger partial charge in [0.1, 0.15) is 0 Å². The molecule has 0 bridgehead atoms. The molecule has 0 amide bonds. The molecule has 3 aromatic rings. The highest BCUT2D eigenvalue weighted by atomic mass is 32.2. The van der Waals surface area contributed by atoms with Gasteiger partial charge in [-0.25, -0.2) is 9.66 Å². The molecule has 100 valence electrons. The van der Waals surface area contributed by atoms with Crippen molar-refractivity contribution in [1.29, 1.82) is 0 Å². The summed E-state index contributed by atoms with van der Waals surface area (Å²) in [4.78, 5) is 20.8. The lowest BCUT2D eigenvalue weighted by Gasteiger charge is -2.07. The molecule has 0 unspecified atom stereocenters. The SMILES string of the molecule is Nn1c(SCc2ccccn2)nc2ccccc2c1=O. The number of pyridine rings is 1. The Kier molecular flexibility index (Phi) is 3.39. The Morgan fingerprint density at radius 3 is 2.75 bits per heavy atom. The van der Waals surface area contributed by atoms with Crippen LogP contribution in [0.3, 0.4) is 0 Å². The minimum Gasteiger partial charge on any atom is -0.334 e. The van der Waals surface area contributed by atoms with E-state index in [4.69, 9.17) is 5.84 Å². The zero-order valence-corrected chi connectivity index (χ0v) is 11.4. The number of nitrogens with two attached hydrogens (primary N) is 1. The van der Waals surface area contributed by atoms with Gasteiger partial charge in [0.15, 0.2) is 5.16 Å². The van der Waals surface area contributed by atoms with Crippen molar-refractivity contribution in [2.24, 2.45) is 0 Å². The van der Waals surface area contributed by atoms with Crippen LogP contribution in [0.5, 0.6) is 0 Å². The maximum atomic E-state index is 12.1. The second-order valence-electron chi connectivity index (χ2n) is 4.20. The monoisotopic (exact) mass is 284 g/mol. The Labute approximate surface area is 119 Å². The molecule has 0 radical (unpaired) electrons. The first-order valence-electron chi connectivity index (χ1n) is 6.05. The third-order valence-corrected chi connectivity index (χ3v) is 3.84. The first kappa shape index (κ1) is 12.7. The number of hydrogen-bond acceptors (Lipinski definition) is 5. The van der Waals surface area contributed by atoms with Crippen molar-refractivity contribution in [3.63, 3.8) is 0 Å². The lowest BCUT2D eigenvalue weighted by molar-refractivity contribution is 0.779. The molecule has 0 fully saturated rings. The van der Waals surface area contributed by atoms with Gasteiger partial charge >= 0.3 is 0 Å². The maximum absolute atomic E-state index is 12.1. The van der Waals surface area contributed by atoms with Crippen LogP contribution < -0.4 is 11.4 Å². The molecular formula is C14H12N4OS. The van der Waals surface area contributed by atoms with E-state index < -0.39 is 0 Å². The highest BCUT2D eigenvalue weighted by Gasteiger charge is 2.09. The standard InChI is InChI=1S/C14H12N4OS/c15-18-13(19)11-6-1-2-7-12(11)17-14(18)20-9-10-5-3-4-8-16-10/h1-8H,9,15H2. The molecule has 2 N–H and O–H groups in total. The van der Waals surface area contributed by atoms with E-state index in [9.17, 15) is 4.79 Å². The second kappa shape index (κ2) is 5.34. The molecule has 1 aromatic carbocycles. The minimum atomic E-state index is -0.237. The molecule has 20 heavy (non-hydrogen) atoms. The zero-order chi connectivity index (χ0) is 13.9. The lowest BCUT2D eigenvalue weighted by atomic mass is 10.2. The number of nitrogens with zero attached hydrogens (tertiary/aromatic N) is 3. The zero-order valence-electron chi connectivity index (χ0n) is 10.6. The maximum Gasteiger partial charge on any atom is 0.280 e. The smallest absolute Gasteiger partial charge is 0.280 e. The van der Waals surface area contributed by atoms with E-state index in [1.165, 1.54) is 11.8 Å². The first-order chi connectivity index (χ1) is 9.75. The van der Waals surface area contributed by atoms with Crippen molar-refractivity contribution in [3.8, 4) is 0 Å². The molecule has 0 saturated carbocycles. The summed E-state index contributed by atoms with van der Waals surface area (Å²) in [6.45, 7) is 0. The summed E-state index contributed by atoms with van der Waals surface area (Å²) < 4.78 is 1.09. The van der Waals surface area contributed by atoms with Crippen molar-refractivity contribution >= 4 is 22.7 Å². The molecule has 5 nitrogen and oxygen atoms in total. The van der Waals surface area contributed by atoms with Gasteiger partial charge in [0.25, 0.3) is 5.56 Å². The van der Waals surface area contributed by atoms with Crippen LogP contribution in [0.1, 0.15) is 5.69 Å². The van der Waals surface area contributed by atoms with E-state index >= 15 is 0 Å². The number of nitrogen functional groups attached to an aromatic ring is 1. The fraction of sp³-hybridized carbons (Fsp3) is 0.0714. The second-order valence-corrected chi connectivity index (χ2v) is 5.14. The fourth-order valence-corrected chi connectivity index (χ4v) is 2.68. The van der Waals surface area contributed by atoms with Crippen LogP contribution >= 0.6 is 11.8 Å². The molecule has 3 rings (SSSR count). The van der Waals surface area contributed by atoms with Crippen molar-refractivity contribution in [3.05, 3.63) is 64.7 Å². The van der Waals surface area contributed by atoms with Crippen molar-refractivity contribution in [1.82, 2.24) is 14.6 Å². The number of rotatable bonds is 3. The normalized spacial score (nSPS) is 10.8. The van der Waals surface area contributed by atoms with E-state index in [2.05, 4.69) is 9.97 Å². The Bertz CT molecular complexity index is 801. The van der Waals surface area contributed by atoms with Gasteiger partial charge in [-0.1, -0.05) is 30.0 Å². The summed E-state index contributed by atoms with van der Waals surface area (Å²) in [6, 6.07) is 12.9. The number of thioether (sulfide) groups is 1. The number of aromatic nitrogens is 3. The third-order valence-electron chi connectivity index (χ3n) is 2.85. The van der Waals surface area contributed by atoms with Gasteiger partial charge in [-0.3, -0.25) is 9.78 Å². The van der Waals surface area contributed by atoms with Crippen LogP contribution in [-0.2, 0) is 5.75 Å². The molecule has 2 aromatic heterocycles. The predicted molar refractivity (Wildman–Crippen MR) is 80.0 cm³/mol. The molecule has 0 aliphatic heterocycles. The summed E-state index contributed by atoms with van der Waals surface area (Å²) in [5.41, 5.74) is 1.33. The Morgan fingerprint density at radius 2 is 1.95 bits per heavy atom. The predicted octanol–water partition coefficient (Wildman–Crippen LogP) is 1.80. The average Bonchev–Trinajstić information content (AvgIpc) is 2.50. The largest absolute Gasteiger partial charge is 0.334 e. The molecule has 2 heterocycles. The van der Waals surface area contributed by atoms with E-state index in [1.54, 1.807) is 18.3 Å². The molecule has 0 spiro atoms.